The van der Waals surface area contributed by atoms with E-state index in [4.69, 9.17) is 5.11 Å². The molecule has 0 atom stereocenters. The zero-order valence-corrected chi connectivity index (χ0v) is 11.0. The van der Waals surface area contributed by atoms with Gasteiger partial charge >= 0.3 is 5.97 Å². The van der Waals surface area contributed by atoms with E-state index in [0.29, 0.717) is 5.69 Å². The Hall–Kier alpha value is -1.14. The maximum absolute atomic E-state index is 10.6. The number of aromatic nitrogens is 1. The first-order chi connectivity index (χ1) is 8.72. The van der Waals surface area contributed by atoms with Crippen molar-refractivity contribution in [3.8, 4) is 0 Å². The predicted molar refractivity (Wildman–Crippen MR) is 70.3 cm³/mol. The molecule has 0 aromatic carbocycles. The van der Waals surface area contributed by atoms with Crippen molar-refractivity contribution in [1.82, 2.24) is 9.88 Å². The Morgan fingerprint density at radius 3 is 2.72 bits per heavy atom. The van der Waals surface area contributed by atoms with Crippen LogP contribution in [0.4, 0.5) is 5.13 Å². The van der Waals surface area contributed by atoms with Crippen molar-refractivity contribution in [2.75, 3.05) is 31.1 Å². The minimum Gasteiger partial charge on any atom is -0.481 e. The molecule has 0 radical (unpaired) electrons. The molecule has 0 unspecified atom stereocenters. The number of carboxylic acid groups (broad SMARTS) is 1. The van der Waals surface area contributed by atoms with Gasteiger partial charge in [0, 0.05) is 37.6 Å². The lowest BCUT2D eigenvalue weighted by atomic mass is 10.3. The van der Waals surface area contributed by atoms with Gasteiger partial charge in [0.25, 0.3) is 0 Å². The molecule has 3 rings (SSSR count). The van der Waals surface area contributed by atoms with Gasteiger partial charge in [-0.1, -0.05) is 0 Å². The molecule has 1 saturated heterocycles. The van der Waals surface area contributed by atoms with E-state index in [1.165, 1.54) is 12.8 Å². The molecule has 98 valence electrons. The summed E-state index contributed by atoms with van der Waals surface area (Å²) in [6.07, 6.45) is 2.75. The summed E-state index contributed by atoms with van der Waals surface area (Å²) in [4.78, 5) is 19.9. The molecule has 0 amide bonds. The highest BCUT2D eigenvalue weighted by Crippen LogP contribution is 2.29. The molecule has 1 N–H and O–H groups in total. The van der Waals surface area contributed by atoms with Crippen molar-refractivity contribution >= 4 is 22.4 Å². The van der Waals surface area contributed by atoms with E-state index in [9.17, 15) is 4.79 Å². The number of hydrogen-bond acceptors (Lipinski definition) is 5. The summed E-state index contributed by atoms with van der Waals surface area (Å²) < 4.78 is 0. The van der Waals surface area contributed by atoms with Crippen LogP contribution in [0.25, 0.3) is 0 Å². The fraction of sp³-hybridized carbons (Fsp3) is 0.667. The highest BCUT2D eigenvalue weighted by atomic mass is 32.1. The number of nitrogens with zero attached hydrogens (tertiary/aromatic N) is 3. The van der Waals surface area contributed by atoms with Crippen LogP contribution in [0.2, 0.25) is 0 Å². The molecule has 2 heterocycles. The van der Waals surface area contributed by atoms with Gasteiger partial charge in [-0.3, -0.25) is 9.69 Å². The summed E-state index contributed by atoms with van der Waals surface area (Å²) in [6.45, 7) is 4.24. The van der Waals surface area contributed by atoms with Crippen molar-refractivity contribution in [2.24, 2.45) is 0 Å². The Kier molecular flexibility index (Phi) is 3.22. The molecule has 1 saturated carbocycles. The van der Waals surface area contributed by atoms with Gasteiger partial charge in [-0.15, -0.1) is 11.3 Å². The number of anilines is 1. The largest absolute Gasteiger partial charge is 0.481 e. The molecule has 5 nitrogen and oxygen atoms in total. The molecule has 6 heteroatoms. The second-order valence-corrected chi connectivity index (χ2v) is 5.78. The summed E-state index contributed by atoms with van der Waals surface area (Å²) in [7, 11) is 0. The Morgan fingerprint density at radius 1 is 1.39 bits per heavy atom. The van der Waals surface area contributed by atoms with E-state index in [2.05, 4.69) is 14.8 Å². The Morgan fingerprint density at radius 2 is 2.11 bits per heavy atom. The van der Waals surface area contributed by atoms with Gasteiger partial charge in [-0.25, -0.2) is 4.98 Å². The van der Waals surface area contributed by atoms with Gasteiger partial charge in [-0.2, -0.15) is 0 Å². The van der Waals surface area contributed by atoms with Crippen molar-refractivity contribution in [2.45, 2.75) is 25.3 Å². The highest BCUT2D eigenvalue weighted by molar-refractivity contribution is 7.13. The molecule has 1 aliphatic heterocycles. The Bertz CT molecular complexity index is 436. The number of aliphatic carboxylic acids is 1. The van der Waals surface area contributed by atoms with E-state index >= 15 is 0 Å². The molecule has 18 heavy (non-hydrogen) atoms. The van der Waals surface area contributed by atoms with Crippen LogP contribution in [0.1, 0.15) is 18.5 Å². The summed E-state index contributed by atoms with van der Waals surface area (Å²) in [6, 6.07) is 0.839. The number of piperazine rings is 1. The standard InChI is InChI=1S/C12H17N3O2S/c16-11(17)7-9-8-18-12(13-9)15-5-3-14(4-6-15)10-1-2-10/h8,10H,1-7H2,(H,16,17). The first kappa shape index (κ1) is 11.9. The fourth-order valence-electron chi connectivity index (χ4n) is 2.40. The van der Waals surface area contributed by atoms with Gasteiger partial charge in [0.15, 0.2) is 5.13 Å². The van der Waals surface area contributed by atoms with E-state index in [0.717, 1.165) is 37.4 Å². The third-order valence-corrected chi connectivity index (χ3v) is 4.47. The molecule has 2 aliphatic rings. The molecule has 0 spiro atoms. The van der Waals surface area contributed by atoms with Crippen molar-refractivity contribution < 1.29 is 9.90 Å². The van der Waals surface area contributed by atoms with Gasteiger partial charge in [0.2, 0.25) is 0 Å². The van der Waals surface area contributed by atoms with Gasteiger partial charge in [-0.05, 0) is 12.8 Å². The summed E-state index contributed by atoms with van der Waals surface area (Å²) in [5, 5.41) is 11.6. The first-order valence-corrected chi connectivity index (χ1v) is 7.25. The highest BCUT2D eigenvalue weighted by Gasteiger charge is 2.31. The summed E-state index contributed by atoms with van der Waals surface area (Å²) in [5.41, 5.74) is 0.673. The smallest absolute Gasteiger partial charge is 0.309 e. The van der Waals surface area contributed by atoms with Crippen LogP contribution in [0.5, 0.6) is 0 Å². The van der Waals surface area contributed by atoms with Crippen LogP contribution in [0.3, 0.4) is 0 Å². The van der Waals surface area contributed by atoms with Crippen LogP contribution in [-0.2, 0) is 11.2 Å². The van der Waals surface area contributed by atoms with E-state index in [-0.39, 0.29) is 6.42 Å². The lowest BCUT2D eigenvalue weighted by molar-refractivity contribution is -0.136. The number of carbonyl (C=O) groups is 1. The minimum absolute atomic E-state index is 0.0263. The second-order valence-electron chi connectivity index (χ2n) is 4.95. The summed E-state index contributed by atoms with van der Waals surface area (Å²) in [5.74, 6) is -0.814. The first-order valence-electron chi connectivity index (χ1n) is 6.37. The van der Waals surface area contributed by atoms with Gasteiger partial charge in [0.05, 0.1) is 12.1 Å². The molecular formula is C12H17N3O2S. The van der Waals surface area contributed by atoms with Crippen molar-refractivity contribution in [3.05, 3.63) is 11.1 Å². The second kappa shape index (κ2) is 4.85. The lowest BCUT2D eigenvalue weighted by Gasteiger charge is -2.34. The van der Waals surface area contributed by atoms with E-state index in [1.54, 1.807) is 11.3 Å². The Balaban J connectivity index is 1.58. The van der Waals surface area contributed by atoms with Crippen LogP contribution in [0.15, 0.2) is 5.38 Å². The summed E-state index contributed by atoms with van der Waals surface area (Å²) >= 11 is 1.56. The maximum Gasteiger partial charge on any atom is 0.309 e. The minimum atomic E-state index is -0.814. The molecule has 0 bridgehead atoms. The van der Waals surface area contributed by atoms with E-state index in [1.807, 2.05) is 5.38 Å². The molecule has 1 aromatic heterocycles. The molecule has 1 aromatic rings. The van der Waals surface area contributed by atoms with E-state index < -0.39 is 5.97 Å². The van der Waals surface area contributed by atoms with Crippen molar-refractivity contribution in [1.29, 1.82) is 0 Å². The van der Waals surface area contributed by atoms with Gasteiger partial charge < -0.3 is 10.0 Å². The van der Waals surface area contributed by atoms with Gasteiger partial charge in [0.1, 0.15) is 0 Å². The number of rotatable bonds is 4. The number of hydrogen-bond donors (Lipinski definition) is 1. The van der Waals surface area contributed by atoms with Crippen molar-refractivity contribution in [3.63, 3.8) is 0 Å². The molecule has 2 fully saturated rings. The van der Waals surface area contributed by atoms with Crippen LogP contribution >= 0.6 is 11.3 Å². The third-order valence-electron chi connectivity index (χ3n) is 3.52. The average Bonchev–Trinajstić information content (AvgIpc) is 3.10. The monoisotopic (exact) mass is 267 g/mol. The zero-order valence-electron chi connectivity index (χ0n) is 10.2. The topological polar surface area (TPSA) is 56.7 Å². The number of thiazole rings is 1. The molecular weight excluding hydrogens is 250 g/mol. The third kappa shape index (κ3) is 2.64. The fourth-order valence-corrected chi connectivity index (χ4v) is 3.27. The number of carboxylic acids is 1. The van der Waals surface area contributed by atoms with Crippen LogP contribution in [-0.4, -0.2) is 53.2 Å². The zero-order chi connectivity index (χ0) is 12.5. The lowest BCUT2D eigenvalue weighted by Crippen LogP contribution is -2.47. The Labute approximate surface area is 110 Å². The SMILES string of the molecule is O=C(O)Cc1csc(N2CCN(C3CC3)CC2)n1. The van der Waals surface area contributed by atoms with Crippen LogP contribution < -0.4 is 4.90 Å². The quantitative estimate of drug-likeness (QED) is 0.884. The average molecular weight is 267 g/mol. The van der Waals surface area contributed by atoms with Crippen LogP contribution in [0, 0.1) is 0 Å². The molecule has 1 aliphatic carbocycles. The maximum atomic E-state index is 10.6. The normalized spacial score (nSPS) is 21.2. The predicted octanol–water partition coefficient (Wildman–Crippen LogP) is 1.05.